The molecular weight excluding hydrogens is 386 g/mol. The van der Waals surface area contributed by atoms with Gasteiger partial charge in [-0.2, -0.15) is 5.10 Å². The van der Waals surface area contributed by atoms with Crippen LogP contribution in [0.4, 0.5) is 0 Å². The van der Waals surface area contributed by atoms with Gasteiger partial charge in [0.1, 0.15) is 12.2 Å². The van der Waals surface area contributed by atoms with Crippen LogP contribution in [0.15, 0.2) is 41.7 Å². The number of piperidine rings is 1. The lowest BCUT2D eigenvalue weighted by atomic mass is 9.90. The Balaban J connectivity index is 1.66. The zero-order valence-electron chi connectivity index (χ0n) is 19.6. The second-order valence-electron chi connectivity index (χ2n) is 8.57. The maximum Gasteiger partial charge on any atom is 0.193 e. The van der Waals surface area contributed by atoms with Crippen LogP contribution in [-0.2, 0) is 0 Å². The summed E-state index contributed by atoms with van der Waals surface area (Å²) in [4.78, 5) is 11.9. The van der Waals surface area contributed by atoms with Crippen molar-refractivity contribution >= 4 is 5.96 Å². The Morgan fingerprint density at radius 3 is 2.48 bits per heavy atom. The Morgan fingerprint density at radius 1 is 1.19 bits per heavy atom. The van der Waals surface area contributed by atoms with Crippen LogP contribution < -0.4 is 10.6 Å². The van der Waals surface area contributed by atoms with Crippen LogP contribution in [-0.4, -0.2) is 57.8 Å². The quantitative estimate of drug-likeness (QED) is 0.420. The summed E-state index contributed by atoms with van der Waals surface area (Å²) in [7, 11) is 0. The molecule has 3 rings (SSSR count). The number of nitrogens with zero attached hydrogens (tertiary/aromatic N) is 4. The molecule has 1 saturated heterocycles. The topological polar surface area (TPSA) is 81.2 Å². The average Bonchev–Trinajstić information content (AvgIpc) is 3.36. The van der Waals surface area contributed by atoms with E-state index in [-0.39, 0.29) is 11.6 Å². The first-order valence-electron chi connectivity index (χ1n) is 11.8. The Kier molecular flexibility index (Phi) is 8.46. The van der Waals surface area contributed by atoms with Crippen LogP contribution in [0, 0.1) is 0 Å². The maximum absolute atomic E-state index is 5.12. The summed E-state index contributed by atoms with van der Waals surface area (Å²) in [6, 6.07) is 11.0. The van der Waals surface area contributed by atoms with Gasteiger partial charge >= 0.3 is 0 Å². The van der Waals surface area contributed by atoms with Gasteiger partial charge in [0.15, 0.2) is 5.96 Å². The summed E-state index contributed by atoms with van der Waals surface area (Å²) in [5.41, 5.74) is 1.30. The van der Waals surface area contributed by atoms with Crippen LogP contribution in [0.25, 0.3) is 0 Å². The molecule has 1 aromatic heterocycles. The molecule has 170 valence electrons. The second kappa shape index (κ2) is 11.3. The van der Waals surface area contributed by atoms with Gasteiger partial charge in [0, 0.05) is 37.1 Å². The van der Waals surface area contributed by atoms with E-state index in [4.69, 9.17) is 4.99 Å². The lowest BCUT2D eigenvalue weighted by Crippen LogP contribution is -2.50. The smallest absolute Gasteiger partial charge is 0.193 e. The first kappa shape index (κ1) is 23.3. The second-order valence-corrected chi connectivity index (χ2v) is 8.57. The van der Waals surface area contributed by atoms with E-state index < -0.39 is 0 Å². The minimum Gasteiger partial charge on any atom is -0.357 e. The highest BCUT2D eigenvalue weighted by Gasteiger charge is 2.29. The van der Waals surface area contributed by atoms with Gasteiger partial charge in [-0.15, -0.1) is 0 Å². The lowest BCUT2D eigenvalue weighted by molar-refractivity contribution is 0.273. The molecule has 0 saturated carbocycles. The molecule has 7 heteroatoms. The molecule has 1 fully saturated rings. The van der Waals surface area contributed by atoms with E-state index in [1.807, 2.05) is 0 Å². The Morgan fingerprint density at radius 2 is 1.90 bits per heavy atom. The number of nitrogens with one attached hydrogen (secondary N) is 3. The number of aromatic amines is 1. The summed E-state index contributed by atoms with van der Waals surface area (Å²) >= 11 is 0. The number of hydrogen-bond donors (Lipinski definition) is 3. The maximum atomic E-state index is 5.12. The van der Waals surface area contributed by atoms with Gasteiger partial charge in [-0.3, -0.25) is 10.1 Å². The fraction of sp³-hybridized carbons (Fsp3) is 0.625. The Hall–Kier alpha value is -2.41. The van der Waals surface area contributed by atoms with Crippen molar-refractivity contribution in [1.82, 2.24) is 30.7 Å². The highest BCUT2D eigenvalue weighted by molar-refractivity contribution is 5.80. The van der Waals surface area contributed by atoms with Crippen molar-refractivity contribution in [2.45, 2.75) is 70.9 Å². The minimum absolute atomic E-state index is 0.0198. The number of hydrogen-bond acceptors (Lipinski definition) is 4. The third kappa shape index (κ3) is 6.06. The SMILES string of the molecule is CCNC(=NCC(CC)(CC)NC(C)c1ccccc1)N1CCC(c2ncn[nH]2)CC1. The number of benzene rings is 1. The first-order chi connectivity index (χ1) is 15.1. The van der Waals surface area contributed by atoms with E-state index in [2.05, 4.69) is 88.7 Å². The van der Waals surface area contributed by atoms with Crippen molar-refractivity contribution in [3.63, 3.8) is 0 Å². The number of aromatic nitrogens is 3. The minimum atomic E-state index is -0.0198. The van der Waals surface area contributed by atoms with Crippen molar-refractivity contribution in [2.75, 3.05) is 26.2 Å². The zero-order valence-corrected chi connectivity index (χ0v) is 19.6. The highest BCUT2D eigenvalue weighted by Crippen LogP contribution is 2.26. The molecule has 0 amide bonds. The van der Waals surface area contributed by atoms with Crippen molar-refractivity contribution in [1.29, 1.82) is 0 Å². The first-order valence-corrected chi connectivity index (χ1v) is 11.8. The van der Waals surface area contributed by atoms with Gasteiger partial charge in [-0.1, -0.05) is 44.2 Å². The third-order valence-electron chi connectivity index (χ3n) is 6.66. The number of rotatable bonds is 9. The summed E-state index contributed by atoms with van der Waals surface area (Å²) in [5, 5.41) is 14.5. The molecule has 3 N–H and O–H groups in total. The van der Waals surface area contributed by atoms with Gasteiger partial charge < -0.3 is 15.5 Å². The fourth-order valence-electron chi connectivity index (χ4n) is 4.44. The molecule has 0 radical (unpaired) electrons. The molecule has 1 unspecified atom stereocenters. The Bertz CT molecular complexity index is 776. The van der Waals surface area contributed by atoms with E-state index in [9.17, 15) is 0 Å². The Labute approximate surface area is 187 Å². The van der Waals surface area contributed by atoms with Crippen LogP contribution in [0.2, 0.25) is 0 Å². The molecule has 0 aliphatic carbocycles. The third-order valence-corrected chi connectivity index (χ3v) is 6.66. The molecular formula is C24H39N7. The monoisotopic (exact) mass is 425 g/mol. The number of aliphatic imine (C=N–C) groups is 1. The van der Waals surface area contributed by atoms with E-state index in [1.165, 1.54) is 5.56 Å². The molecule has 2 aromatic rings. The molecule has 1 aliphatic heterocycles. The predicted molar refractivity (Wildman–Crippen MR) is 127 cm³/mol. The zero-order chi connectivity index (χ0) is 22.1. The molecule has 7 nitrogen and oxygen atoms in total. The molecule has 1 aromatic carbocycles. The van der Waals surface area contributed by atoms with Crippen LogP contribution in [0.3, 0.4) is 0 Å². The number of H-pyrrole nitrogens is 1. The summed E-state index contributed by atoms with van der Waals surface area (Å²) in [6.45, 7) is 12.5. The normalized spacial score (nSPS) is 17.0. The van der Waals surface area contributed by atoms with Crippen molar-refractivity contribution in [3.8, 4) is 0 Å². The van der Waals surface area contributed by atoms with Crippen molar-refractivity contribution in [2.24, 2.45) is 4.99 Å². The lowest BCUT2D eigenvalue weighted by Gasteiger charge is -2.37. The largest absolute Gasteiger partial charge is 0.357 e. The number of likely N-dealkylation sites (tertiary alicyclic amines) is 1. The fourth-order valence-corrected chi connectivity index (χ4v) is 4.44. The van der Waals surface area contributed by atoms with E-state index in [0.717, 1.165) is 63.6 Å². The molecule has 0 bridgehead atoms. The van der Waals surface area contributed by atoms with Crippen LogP contribution >= 0.6 is 0 Å². The van der Waals surface area contributed by atoms with Gasteiger partial charge in [0.2, 0.25) is 0 Å². The van der Waals surface area contributed by atoms with Crippen molar-refractivity contribution in [3.05, 3.63) is 48.0 Å². The molecule has 1 atom stereocenters. The predicted octanol–water partition coefficient (Wildman–Crippen LogP) is 3.86. The van der Waals surface area contributed by atoms with E-state index in [0.29, 0.717) is 5.92 Å². The standard InChI is InChI=1S/C24H39N7/c1-5-24(6-2,29-19(4)20-11-9-8-10-12-20)17-26-23(25-7-3)31-15-13-21(14-16-31)22-27-18-28-30-22/h8-12,18-19,21,29H,5-7,13-17H2,1-4H3,(H,25,26)(H,27,28,30). The van der Waals surface area contributed by atoms with E-state index >= 15 is 0 Å². The molecule has 2 heterocycles. The number of guanidine groups is 1. The summed E-state index contributed by atoms with van der Waals surface area (Å²) in [5.74, 6) is 2.50. The van der Waals surface area contributed by atoms with Crippen molar-refractivity contribution < 1.29 is 0 Å². The molecule has 0 spiro atoms. The molecule has 1 aliphatic rings. The van der Waals surface area contributed by atoms with Gasteiger partial charge in [0.25, 0.3) is 0 Å². The van der Waals surface area contributed by atoms with Crippen LogP contribution in [0.5, 0.6) is 0 Å². The summed E-state index contributed by atoms with van der Waals surface area (Å²) < 4.78 is 0. The van der Waals surface area contributed by atoms with Gasteiger partial charge in [0.05, 0.1) is 6.54 Å². The van der Waals surface area contributed by atoms with E-state index in [1.54, 1.807) is 6.33 Å². The van der Waals surface area contributed by atoms with Gasteiger partial charge in [-0.05, 0) is 45.1 Å². The highest BCUT2D eigenvalue weighted by atomic mass is 15.3. The van der Waals surface area contributed by atoms with Crippen LogP contribution in [0.1, 0.15) is 76.7 Å². The summed E-state index contributed by atoms with van der Waals surface area (Å²) in [6.07, 6.45) is 5.81. The average molecular weight is 426 g/mol. The molecule has 31 heavy (non-hydrogen) atoms. The van der Waals surface area contributed by atoms with Gasteiger partial charge in [-0.25, -0.2) is 4.98 Å².